The number of hydrogen-bond donors (Lipinski definition) is 0. The lowest BCUT2D eigenvalue weighted by molar-refractivity contribution is 0.618. The van der Waals surface area contributed by atoms with Crippen molar-refractivity contribution in [3.8, 4) is 16.8 Å². The second kappa shape index (κ2) is 5.48. The highest BCUT2D eigenvalue weighted by Gasteiger charge is 2.15. The van der Waals surface area contributed by atoms with Crippen LogP contribution in [0.3, 0.4) is 0 Å². The molecular weight excluding hydrogens is 310 g/mol. The Hall–Kier alpha value is -3.08. The van der Waals surface area contributed by atoms with Gasteiger partial charge in [-0.2, -0.15) is 5.10 Å². The first-order valence-corrected chi connectivity index (χ1v) is 8.59. The smallest absolute Gasteiger partial charge is 0.100 e. The number of hydrogen-bond acceptors (Lipinski definition) is 3. The number of nitrogens with zero attached hydrogens (tertiary/aromatic N) is 5. The summed E-state index contributed by atoms with van der Waals surface area (Å²) in [6, 6.07) is 15.1. The Morgan fingerprint density at radius 2 is 1.72 bits per heavy atom. The molecule has 0 unspecified atom stereocenters. The Balaban J connectivity index is 1.53. The van der Waals surface area contributed by atoms with Crippen molar-refractivity contribution in [2.24, 2.45) is 7.05 Å². The van der Waals surface area contributed by atoms with Gasteiger partial charge >= 0.3 is 0 Å². The van der Waals surface area contributed by atoms with E-state index in [1.54, 1.807) is 0 Å². The third kappa shape index (κ3) is 2.39. The van der Waals surface area contributed by atoms with Crippen molar-refractivity contribution >= 4 is 16.7 Å². The maximum Gasteiger partial charge on any atom is 0.100 e. The van der Waals surface area contributed by atoms with Gasteiger partial charge in [-0.3, -0.25) is 9.25 Å². The number of benzene rings is 2. The van der Waals surface area contributed by atoms with Crippen LogP contribution in [0.1, 0.15) is 6.42 Å². The number of imidazole rings is 1. The lowest BCUT2D eigenvalue weighted by Gasteiger charge is -2.33. The first-order valence-electron chi connectivity index (χ1n) is 8.59. The van der Waals surface area contributed by atoms with Crippen molar-refractivity contribution < 1.29 is 0 Å². The molecule has 25 heavy (non-hydrogen) atoms. The Kier molecular flexibility index (Phi) is 3.13. The number of anilines is 1. The van der Waals surface area contributed by atoms with Crippen LogP contribution in [0, 0.1) is 0 Å². The molecule has 1 saturated heterocycles. The molecule has 5 rings (SSSR count). The Bertz CT molecular complexity index is 1040. The fourth-order valence-electron chi connectivity index (χ4n) is 3.36. The van der Waals surface area contributed by atoms with E-state index in [1.807, 2.05) is 30.5 Å². The molecule has 1 fully saturated rings. The van der Waals surface area contributed by atoms with Gasteiger partial charge in [0, 0.05) is 43.3 Å². The van der Waals surface area contributed by atoms with Crippen molar-refractivity contribution in [1.29, 1.82) is 0 Å². The molecule has 3 heterocycles. The molecule has 2 aromatic carbocycles. The molecule has 5 nitrogen and oxygen atoms in total. The first-order chi connectivity index (χ1) is 12.3. The van der Waals surface area contributed by atoms with Gasteiger partial charge in [0.15, 0.2) is 0 Å². The van der Waals surface area contributed by atoms with Crippen molar-refractivity contribution in [2.75, 3.05) is 18.0 Å². The molecule has 124 valence electrons. The predicted molar refractivity (Wildman–Crippen MR) is 100 cm³/mol. The van der Waals surface area contributed by atoms with Gasteiger partial charge in [0.25, 0.3) is 0 Å². The van der Waals surface area contributed by atoms with Crippen molar-refractivity contribution in [3.05, 3.63) is 61.2 Å². The van der Waals surface area contributed by atoms with Crippen LogP contribution in [0.15, 0.2) is 61.2 Å². The summed E-state index contributed by atoms with van der Waals surface area (Å²) in [5.74, 6) is 0. The third-order valence-electron chi connectivity index (χ3n) is 4.94. The Morgan fingerprint density at radius 1 is 0.920 bits per heavy atom. The summed E-state index contributed by atoms with van der Waals surface area (Å²) in [6.45, 7) is 2.30. The van der Waals surface area contributed by atoms with E-state index in [0.717, 1.165) is 35.4 Å². The lowest BCUT2D eigenvalue weighted by atomic mass is 10.1. The summed E-state index contributed by atoms with van der Waals surface area (Å²) in [6.07, 6.45) is 7.11. The maximum absolute atomic E-state index is 4.55. The molecule has 0 N–H and O–H groups in total. The van der Waals surface area contributed by atoms with Gasteiger partial charge in [0.05, 0.1) is 17.2 Å². The van der Waals surface area contributed by atoms with Crippen molar-refractivity contribution in [2.45, 2.75) is 6.42 Å². The Morgan fingerprint density at radius 3 is 2.40 bits per heavy atom. The summed E-state index contributed by atoms with van der Waals surface area (Å²) in [4.78, 5) is 6.96. The summed E-state index contributed by atoms with van der Waals surface area (Å²) >= 11 is 0. The van der Waals surface area contributed by atoms with Gasteiger partial charge in [0.2, 0.25) is 0 Å². The summed E-state index contributed by atoms with van der Waals surface area (Å²) in [5.41, 5.74) is 6.88. The van der Waals surface area contributed by atoms with E-state index in [-0.39, 0.29) is 0 Å². The highest BCUT2D eigenvalue weighted by molar-refractivity contribution is 5.82. The number of rotatable bonds is 3. The minimum absolute atomic E-state index is 1.03. The largest absolute Gasteiger partial charge is 0.371 e. The molecule has 0 bridgehead atoms. The number of aryl methyl sites for hydroxylation is 1. The van der Waals surface area contributed by atoms with Crippen LogP contribution >= 0.6 is 0 Å². The molecule has 0 aliphatic carbocycles. The van der Waals surface area contributed by atoms with Gasteiger partial charge in [-0.25, -0.2) is 4.98 Å². The van der Waals surface area contributed by atoms with Gasteiger partial charge < -0.3 is 4.90 Å². The number of aromatic nitrogens is 4. The molecule has 1 aliphatic rings. The van der Waals surface area contributed by atoms with Gasteiger partial charge in [-0.05, 0) is 42.3 Å². The van der Waals surface area contributed by atoms with Gasteiger partial charge in [0.1, 0.15) is 6.33 Å². The molecule has 1 aliphatic heterocycles. The number of fused-ring (bicyclic) bond motifs is 1. The van der Waals surface area contributed by atoms with Crippen LogP contribution in [-0.4, -0.2) is 32.4 Å². The third-order valence-corrected chi connectivity index (χ3v) is 4.94. The van der Waals surface area contributed by atoms with Gasteiger partial charge in [-0.15, -0.1) is 0 Å². The summed E-state index contributed by atoms with van der Waals surface area (Å²) in [7, 11) is 1.94. The van der Waals surface area contributed by atoms with E-state index in [0.29, 0.717) is 0 Å². The second-order valence-electron chi connectivity index (χ2n) is 6.58. The van der Waals surface area contributed by atoms with Crippen LogP contribution in [0.25, 0.3) is 27.8 Å². The van der Waals surface area contributed by atoms with Crippen LogP contribution < -0.4 is 4.90 Å². The standard InChI is InChI=1S/C20H19N5/c1-23-13-16(12-22-23)15-3-5-17(6-4-15)25-14-21-19-8-7-18(11-20(19)25)24-9-2-10-24/h3-8,11-14H,2,9-10H2,1H3. The average molecular weight is 329 g/mol. The van der Waals surface area contributed by atoms with Crippen molar-refractivity contribution in [3.63, 3.8) is 0 Å². The molecule has 4 aromatic rings. The van der Waals surface area contributed by atoms with Crippen LogP contribution in [-0.2, 0) is 7.05 Å². The van der Waals surface area contributed by atoms with Gasteiger partial charge in [-0.1, -0.05) is 12.1 Å². The van der Waals surface area contributed by atoms with Crippen LogP contribution in [0.2, 0.25) is 0 Å². The fourth-order valence-corrected chi connectivity index (χ4v) is 3.36. The molecule has 0 saturated carbocycles. The fraction of sp³-hybridized carbons (Fsp3) is 0.200. The van der Waals surface area contributed by atoms with E-state index in [2.05, 4.69) is 62.0 Å². The molecule has 2 aromatic heterocycles. The van der Waals surface area contributed by atoms with E-state index < -0.39 is 0 Å². The maximum atomic E-state index is 4.55. The molecule has 0 atom stereocenters. The average Bonchev–Trinajstić information content (AvgIpc) is 3.19. The van der Waals surface area contributed by atoms with E-state index in [1.165, 1.54) is 17.7 Å². The summed E-state index contributed by atoms with van der Waals surface area (Å²) < 4.78 is 3.98. The summed E-state index contributed by atoms with van der Waals surface area (Å²) in [5, 5.41) is 4.24. The highest BCUT2D eigenvalue weighted by atomic mass is 15.2. The van der Waals surface area contributed by atoms with E-state index in [4.69, 9.17) is 0 Å². The quantitative estimate of drug-likeness (QED) is 0.576. The van der Waals surface area contributed by atoms with Crippen LogP contribution in [0.4, 0.5) is 5.69 Å². The molecule has 0 amide bonds. The van der Waals surface area contributed by atoms with E-state index >= 15 is 0 Å². The minimum Gasteiger partial charge on any atom is -0.371 e. The predicted octanol–water partition coefficient (Wildman–Crippen LogP) is 3.64. The highest BCUT2D eigenvalue weighted by Crippen LogP contribution is 2.27. The zero-order valence-corrected chi connectivity index (χ0v) is 14.1. The molecule has 0 radical (unpaired) electrons. The first kappa shape index (κ1) is 14.3. The van der Waals surface area contributed by atoms with Crippen molar-refractivity contribution in [1.82, 2.24) is 19.3 Å². The monoisotopic (exact) mass is 329 g/mol. The molecule has 0 spiro atoms. The second-order valence-corrected chi connectivity index (χ2v) is 6.58. The molecular formula is C20H19N5. The zero-order chi connectivity index (χ0) is 16.8. The topological polar surface area (TPSA) is 38.9 Å². The SMILES string of the molecule is Cn1cc(-c2ccc(-n3cnc4ccc(N5CCC5)cc43)cc2)cn1. The zero-order valence-electron chi connectivity index (χ0n) is 14.1. The minimum atomic E-state index is 1.03. The lowest BCUT2D eigenvalue weighted by Crippen LogP contribution is -2.36. The molecule has 5 heteroatoms. The van der Waals surface area contributed by atoms with E-state index in [9.17, 15) is 0 Å². The van der Waals surface area contributed by atoms with Crippen LogP contribution in [0.5, 0.6) is 0 Å². The normalized spacial score (nSPS) is 14.0. The Labute approximate surface area is 146 Å².